The zero-order valence-electron chi connectivity index (χ0n) is 16.5. The van der Waals surface area contributed by atoms with Crippen LogP contribution >= 0.6 is 0 Å². The number of urea groups is 1. The molecule has 5 N–H and O–H groups in total. The summed E-state index contributed by atoms with van der Waals surface area (Å²) in [5.41, 5.74) is 0.903. The van der Waals surface area contributed by atoms with Gasteiger partial charge in [0.1, 0.15) is 6.04 Å². The molecule has 0 saturated carbocycles. The number of anilines is 2. The van der Waals surface area contributed by atoms with Gasteiger partial charge < -0.3 is 26.2 Å². The van der Waals surface area contributed by atoms with Crippen LogP contribution in [0.15, 0.2) is 30.3 Å². The van der Waals surface area contributed by atoms with E-state index >= 15 is 0 Å². The minimum atomic E-state index is -1.82. The molecule has 0 fully saturated rings. The Morgan fingerprint density at radius 2 is 1.55 bits per heavy atom. The highest BCUT2D eigenvalue weighted by molar-refractivity contribution is 6.07. The maximum atomic E-state index is 13.7. The third-order valence-corrected chi connectivity index (χ3v) is 4.26. The molecule has 0 heterocycles. The summed E-state index contributed by atoms with van der Waals surface area (Å²) >= 11 is 0. The number of para-hydroxylation sites is 1. The first-order valence-corrected chi connectivity index (χ1v) is 8.88. The van der Waals surface area contributed by atoms with E-state index in [2.05, 4.69) is 10.6 Å². The Labute approximate surface area is 175 Å². The van der Waals surface area contributed by atoms with E-state index in [1.165, 1.54) is 0 Å². The number of carboxylic acids is 2. The Balaban J connectivity index is 2.30. The average Bonchev–Trinajstić information content (AvgIpc) is 2.66. The highest BCUT2D eigenvalue weighted by atomic mass is 19.2. The monoisotopic (exact) mass is 435 g/mol. The molecular weight excluding hydrogens is 416 g/mol. The molecule has 2 aromatic rings. The molecule has 11 heteroatoms. The molecule has 0 radical (unpaired) electrons. The van der Waals surface area contributed by atoms with Gasteiger partial charge in [-0.05, 0) is 31.0 Å². The standard InChI is InChI=1S/C20H19F2N3O6/c1-9-4-3-5-10(2)17(9)25-20(31)24-14-7-13(22)12(21)6-11(14)18(28)23-15(19(29)30)8-16(26)27/h3-7,15H,8H2,1-2H3,(H,23,28)(H,26,27)(H,29,30)(H2,24,25,31)/t15-/m0/s1. The lowest BCUT2D eigenvalue weighted by Gasteiger charge is -2.17. The van der Waals surface area contributed by atoms with Crippen molar-refractivity contribution in [2.45, 2.75) is 26.3 Å². The largest absolute Gasteiger partial charge is 0.481 e. The van der Waals surface area contributed by atoms with Gasteiger partial charge in [0.15, 0.2) is 11.6 Å². The molecule has 0 aliphatic rings. The number of amides is 3. The quantitative estimate of drug-likeness (QED) is 0.452. The van der Waals surface area contributed by atoms with Gasteiger partial charge in [-0.15, -0.1) is 0 Å². The number of benzene rings is 2. The Kier molecular flexibility index (Phi) is 7.24. The fourth-order valence-corrected chi connectivity index (χ4v) is 2.73. The molecule has 0 aliphatic carbocycles. The Bertz CT molecular complexity index is 1040. The van der Waals surface area contributed by atoms with Crippen LogP contribution in [0.2, 0.25) is 0 Å². The van der Waals surface area contributed by atoms with Gasteiger partial charge in [-0.2, -0.15) is 0 Å². The number of aliphatic carboxylic acids is 2. The second-order valence-electron chi connectivity index (χ2n) is 6.62. The second kappa shape index (κ2) is 9.65. The molecule has 1 atom stereocenters. The smallest absolute Gasteiger partial charge is 0.326 e. The van der Waals surface area contributed by atoms with Crippen LogP contribution in [0.25, 0.3) is 0 Å². The molecule has 2 rings (SSSR count). The molecule has 31 heavy (non-hydrogen) atoms. The van der Waals surface area contributed by atoms with E-state index in [9.17, 15) is 28.0 Å². The summed E-state index contributed by atoms with van der Waals surface area (Å²) in [5.74, 6) is -7.13. The van der Waals surface area contributed by atoms with Crippen molar-refractivity contribution in [2.24, 2.45) is 0 Å². The van der Waals surface area contributed by atoms with Crippen molar-refractivity contribution in [2.75, 3.05) is 10.6 Å². The van der Waals surface area contributed by atoms with Crippen LogP contribution in [0.1, 0.15) is 27.9 Å². The van der Waals surface area contributed by atoms with Crippen molar-refractivity contribution in [3.05, 3.63) is 58.7 Å². The van der Waals surface area contributed by atoms with E-state index in [0.29, 0.717) is 17.8 Å². The maximum Gasteiger partial charge on any atom is 0.326 e. The van der Waals surface area contributed by atoms with Gasteiger partial charge in [0.25, 0.3) is 5.91 Å². The Morgan fingerprint density at radius 1 is 0.968 bits per heavy atom. The molecule has 0 bridgehead atoms. The van der Waals surface area contributed by atoms with Gasteiger partial charge in [-0.25, -0.2) is 18.4 Å². The number of nitrogens with one attached hydrogen (secondary N) is 3. The predicted octanol–water partition coefficient (Wildman–Crippen LogP) is 2.88. The van der Waals surface area contributed by atoms with Gasteiger partial charge in [-0.3, -0.25) is 9.59 Å². The summed E-state index contributed by atoms with van der Waals surface area (Å²) in [7, 11) is 0. The molecule has 0 spiro atoms. The summed E-state index contributed by atoms with van der Waals surface area (Å²) in [6.07, 6.45) is -0.944. The highest BCUT2D eigenvalue weighted by Crippen LogP contribution is 2.23. The first kappa shape index (κ1) is 23.3. The van der Waals surface area contributed by atoms with Gasteiger partial charge in [-0.1, -0.05) is 18.2 Å². The van der Waals surface area contributed by atoms with Crippen LogP contribution in [0.5, 0.6) is 0 Å². The predicted molar refractivity (Wildman–Crippen MR) is 106 cm³/mol. The van der Waals surface area contributed by atoms with E-state index in [-0.39, 0.29) is 0 Å². The number of aryl methyl sites for hydroxylation is 2. The summed E-state index contributed by atoms with van der Waals surface area (Å²) in [6.45, 7) is 3.49. The molecule has 3 amide bonds. The van der Waals surface area contributed by atoms with Crippen molar-refractivity contribution in [3.63, 3.8) is 0 Å². The molecule has 164 valence electrons. The van der Waals surface area contributed by atoms with Crippen LogP contribution < -0.4 is 16.0 Å². The number of halogens is 2. The van der Waals surface area contributed by atoms with Gasteiger partial charge >= 0.3 is 18.0 Å². The molecule has 9 nitrogen and oxygen atoms in total. The molecule has 2 aromatic carbocycles. The van der Waals surface area contributed by atoms with Crippen molar-refractivity contribution in [1.82, 2.24) is 5.32 Å². The fraction of sp³-hybridized carbons (Fsp3) is 0.200. The molecule has 0 aromatic heterocycles. The summed E-state index contributed by atoms with van der Waals surface area (Å²) < 4.78 is 27.5. The summed E-state index contributed by atoms with van der Waals surface area (Å²) in [6, 6.07) is 3.61. The summed E-state index contributed by atoms with van der Waals surface area (Å²) in [4.78, 5) is 46.8. The minimum absolute atomic E-state index is 0.445. The minimum Gasteiger partial charge on any atom is -0.481 e. The van der Waals surface area contributed by atoms with E-state index in [1.54, 1.807) is 32.0 Å². The van der Waals surface area contributed by atoms with Crippen LogP contribution in [0.4, 0.5) is 25.0 Å². The lowest BCUT2D eigenvalue weighted by atomic mass is 10.1. The lowest BCUT2D eigenvalue weighted by molar-refractivity contribution is -0.145. The highest BCUT2D eigenvalue weighted by Gasteiger charge is 2.26. The first-order valence-electron chi connectivity index (χ1n) is 8.88. The number of carbonyl (C=O) groups excluding carboxylic acids is 2. The second-order valence-corrected chi connectivity index (χ2v) is 6.62. The first-order chi connectivity index (χ1) is 14.5. The van der Waals surface area contributed by atoms with Crippen molar-refractivity contribution < 1.29 is 38.2 Å². The molecule has 0 saturated heterocycles. The number of carboxylic acid groups (broad SMARTS) is 2. The number of rotatable bonds is 7. The van der Waals surface area contributed by atoms with Crippen LogP contribution in [0.3, 0.4) is 0 Å². The number of carbonyl (C=O) groups is 4. The molecule has 0 unspecified atom stereocenters. The Hall–Kier alpha value is -4.02. The third kappa shape index (κ3) is 5.98. The lowest BCUT2D eigenvalue weighted by Crippen LogP contribution is -2.42. The van der Waals surface area contributed by atoms with Crippen LogP contribution in [0, 0.1) is 25.5 Å². The van der Waals surface area contributed by atoms with Crippen molar-refractivity contribution in [1.29, 1.82) is 0 Å². The molecule has 0 aliphatic heterocycles. The van der Waals surface area contributed by atoms with Crippen LogP contribution in [-0.2, 0) is 9.59 Å². The Morgan fingerprint density at radius 3 is 2.10 bits per heavy atom. The van der Waals surface area contributed by atoms with Gasteiger partial charge in [0.2, 0.25) is 0 Å². The van der Waals surface area contributed by atoms with E-state index in [1.807, 2.05) is 5.32 Å². The van der Waals surface area contributed by atoms with Gasteiger partial charge in [0.05, 0.1) is 17.7 Å². The zero-order chi connectivity index (χ0) is 23.3. The van der Waals surface area contributed by atoms with E-state index in [0.717, 1.165) is 11.1 Å². The molecular formula is C20H19F2N3O6. The number of hydrogen-bond acceptors (Lipinski definition) is 4. The van der Waals surface area contributed by atoms with E-state index < -0.39 is 59.2 Å². The summed E-state index contributed by atoms with van der Waals surface area (Å²) in [5, 5.41) is 24.5. The maximum absolute atomic E-state index is 13.7. The average molecular weight is 435 g/mol. The normalized spacial score (nSPS) is 11.4. The third-order valence-electron chi connectivity index (χ3n) is 4.26. The van der Waals surface area contributed by atoms with Crippen LogP contribution in [-0.4, -0.2) is 40.1 Å². The number of hydrogen-bond donors (Lipinski definition) is 5. The van der Waals surface area contributed by atoms with Crippen molar-refractivity contribution in [3.8, 4) is 0 Å². The van der Waals surface area contributed by atoms with E-state index in [4.69, 9.17) is 10.2 Å². The van der Waals surface area contributed by atoms with Gasteiger partial charge in [0, 0.05) is 11.8 Å². The topological polar surface area (TPSA) is 145 Å². The fourth-order valence-electron chi connectivity index (χ4n) is 2.73. The van der Waals surface area contributed by atoms with Crippen molar-refractivity contribution >= 4 is 35.3 Å². The zero-order valence-corrected chi connectivity index (χ0v) is 16.5. The SMILES string of the molecule is Cc1cccc(C)c1NC(=O)Nc1cc(F)c(F)cc1C(=O)N[C@@H](CC(=O)O)C(=O)O.